The monoisotopic (exact) mass is 516 g/mol. The number of piperazine rings is 1. The van der Waals surface area contributed by atoms with Crippen LogP contribution in [0.15, 0.2) is 78.9 Å². The first-order valence-corrected chi connectivity index (χ1v) is 13.4. The summed E-state index contributed by atoms with van der Waals surface area (Å²) in [5.41, 5.74) is 6.85. The van der Waals surface area contributed by atoms with Gasteiger partial charge in [0.15, 0.2) is 5.65 Å². The van der Waals surface area contributed by atoms with Crippen molar-refractivity contribution in [3.8, 4) is 5.69 Å². The number of hydrogen-bond donors (Lipinski definition) is 0. The van der Waals surface area contributed by atoms with E-state index in [-0.39, 0.29) is 5.91 Å². The molecule has 1 aliphatic rings. The SMILES string of the molecule is Cc1ccc(Cc2nc(N3CCN(C(=O)c4ccccc4C)CC3)c3c(C)nn(-c4ccccc4)c3n2)cc1. The maximum Gasteiger partial charge on any atom is 0.254 e. The number of aromatic nitrogens is 4. The van der Waals surface area contributed by atoms with Crippen LogP contribution >= 0.6 is 0 Å². The molecule has 1 fully saturated rings. The van der Waals surface area contributed by atoms with E-state index in [1.54, 1.807) is 0 Å². The Bertz CT molecular complexity index is 1630. The molecule has 1 amide bonds. The van der Waals surface area contributed by atoms with E-state index in [4.69, 9.17) is 15.1 Å². The second-order valence-electron chi connectivity index (χ2n) is 10.3. The third-order valence-electron chi connectivity index (χ3n) is 7.46. The van der Waals surface area contributed by atoms with Gasteiger partial charge in [-0.15, -0.1) is 0 Å². The summed E-state index contributed by atoms with van der Waals surface area (Å²) in [4.78, 5) is 27.6. The van der Waals surface area contributed by atoms with Crippen molar-refractivity contribution >= 4 is 22.8 Å². The van der Waals surface area contributed by atoms with Gasteiger partial charge in [0, 0.05) is 38.2 Å². The van der Waals surface area contributed by atoms with Gasteiger partial charge in [0.25, 0.3) is 5.91 Å². The van der Waals surface area contributed by atoms with Crippen LogP contribution in [0.2, 0.25) is 0 Å². The van der Waals surface area contributed by atoms with Gasteiger partial charge in [-0.05, 0) is 50.1 Å². The molecule has 7 heteroatoms. The number of anilines is 1. The summed E-state index contributed by atoms with van der Waals surface area (Å²) in [5, 5.41) is 5.85. The number of rotatable bonds is 5. The Balaban J connectivity index is 1.36. The van der Waals surface area contributed by atoms with Gasteiger partial charge in [0.05, 0.1) is 16.8 Å². The van der Waals surface area contributed by atoms with Crippen LogP contribution in [-0.4, -0.2) is 56.7 Å². The number of amides is 1. The molecule has 0 atom stereocenters. The smallest absolute Gasteiger partial charge is 0.254 e. The van der Waals surface area contributed by atoms with Crippen molar-refractivity contribution < 1.29 is 4.79 Å². The number of aryl methyl sites for hydroxylation is 3. The van der Waals surface area contributed by atoms with Crippen LogP contribution in [0, 0.1) is 20.8 Å². The maximum absolute atomic E-state index is 13.2. The van der Waals surface area contributed by atoms with Crippen molar-refractivity contribution in [2.45, 2.75) is 27.2 Å². The molecule has 5 aromatic rings. The van der Waals surface area contributed by atoms with Crippen LogP contribution in [0.25, 0.3) is 16.7 Å². The van der Waals surface area contributed by atoms with Crippen molar-refractivity contribution in [2.75, 3.05) is 31.1 Å². The fourth-order valence-corrected chi connectivity index (χ4v) is 5.26. The molecule has 39 heavy (non-hydrogen) atoms. The summed E-state index contributed by atoms with van der Waals surface area (Å²) >= 11 is 0. The molecule has 1 saturated heterocycles. The van der Waals surface area contributed by atoms with Crippen LogP contribution in [0.5, 0.6) is 0 Å². The molecule has 0 N–H and O–H groups in total. The lowest BCUT2D eigenvalue weighted by Crippen LogP contribution is -2.49. The minimum Gasteiger partial charge on any atom is -0.352 e. The first kappa shape index (κ1) is 24.8. The molecule has 7 nitrogen and oxygen atoms in total. The minimum absolute atomic E-state index is 0.0914. The lowest BCUT2D eigenvalue weighted by Gasteiger charge is -2.36. The average molecular weight is 517 g/mol. The molecule has 1 aliphatic heterocycles. The zero-order valence-electron chi connectivity index (χ0n) is 22.6. The van der Waals surface area contributed by atoms with Crippen LogP contribution in [0.3, 0.4) is 0 Å². The Hall–Kier alpha value is -4.52. The summed E-state index contributed by atoms with van der Waals surface area (Å²) in [6.07, 6.45) is 0.633. The lowest BCUT2D eigenvalue weighted by molar-refractivity contribution is 0.0746. The summed E-state index contributed by atoms with van der Waals surface area (Å²) < 4.78 is 1.92. The third kappa shape index (κ3) is 4.88. The van der Waals surface area contributed by atoms with Crippen LogP contribution in [0.4, 0.5) is 5.82 Å². The Morgan fingerprint density at radius 2 is 1.49 bits per heavy atom. The van der Waals surface area contributed by atoms with Crippen molar-refractivity contribution in [2.24, 2.45) is 0 Å². The molecule has 0 radical (unpaired) electrons. The largest absolute Gasteiger partial charge is 0.352 e. The highest BCUT2D eigenvalue weighted by atomic mass is 16.2. The fraction of sp³-hybridized carbons (Fsp3) is 0.250. The number of carbonyl (C=O) groups excluding carboxylic acids is 1. The van der Waals surface area contributed by atoms with Crippen molar-refractivity contribution in [1.82, 2.24) is 24.6 Å². The standard InChI is InChI=1S/C32H32N6O/c1-22-13-15-25(16-14-22)21-28-33-30(29-24(3)35-38(31(29)34-28)26-10-5-4-6-11-26)36-17-19-37(20-18-36)32(39)27-12-8-7-9-23(27)2/h4-16H,17-21H2,1-3H3. The lowest BCUT2D eigenvalue weighted by atomic mass is 10.1. The van der Waals surface area contributed by atoms with E-state index in [1.165, 1.54) is 11.1 Å². The second-order valence-corrected chi connectivity index (χ2v) is 10.3. The van der Waals surface area contributed by atoms with Gasteiger partial charge in [-0.3, -0.25) is 4.79 Å². The Labute approximate surface area is 228 Å². The first-order valence-electron chi connectivity index (χ1n) is 13.4. The molecule has 0 aliphatic carbocycles. The highest BCUT2D eigenvalue weighted by Crippen LogP contribution is 2.30. The van der Waals surface area contributed by atoms with Gasteiger partial charge in [0.2, 0.25) is 0 Å². The molecule has 196 valence electrons. The minimum atomic E-state index is 0.0914. The Morgan fingerprint density at radius 1 is 0.795 bits per heavy atom. The van der Waals surface area contributed by atoms with Crippen LogP contribution in [0.1, 0.15) is 38.6 Å². The summed E-state index contributed by atoms with van der Waals surface area (Å²) in [6, 6.07) is 26.4. The number of carbonyl (C=O) groups is 1. The average Bonchev–Trinajstić information content (AvgIpc) is 3.30. The van der Waals surface area contributed by atoms with E-state index >= 15 is 0 Å². The molecule has 3 heterocycles. The van der Waals surface area contributed by atoms with Gasteiger partial charge < -0.3 is 9.80 Å². The summed E-state index contributed by atoms with van der Waals surface area (Å²) in [7, 11) is 0. The Kier molecular flexibility index (Phi) is 6.57. The van der Waals surface area contributed by atoms with Crippen LogP contribution in [-0.2, 0) is 6.42 Å². The fourth-order valence-electron chi connectivity index (χ4n) is 5.26. The van der Waals surface area contributed by atoms with Crippen molar-refractivity contribution in [1.29, 1.82) is 0 Å². The predicted octanol–water partition coefficient (Wildman–Crippen LogP) is 5.29. The highest BCUT2D eigenvalue weighted by Gasteiger charge is 2.27. The zero-order chi connectivity index (χ0) is 26.9. The number of benzene rings is 3. The Morgan fingerprint density at radius 3 is 2.21 bits per heavy atom. The van der Waals surface area contributed by atoms with Crippen LogP contribution < -0.4 is 4.90 Å². The molecule has 2 aromatic heterocycles. The highest BCUT2D eigenvalue weighted by molar-refractivity contribution is 5.96. The number of nitrogens with zero attached hydrogens (tertiary/aromatic N) is 6. The van der Waals surface area contributed by atoms with E-state index in [2.05, 4.69) is 36.1 Å². The van der Waals surface area contributed by atoms with E-state index in [0.717, 1.165) is 45.2 Å². The normalized spacial score (nSPS) is 13.7. The maximum atomic E-state index is 13.2. The molecule has 0 bridgehead atoms. The van der Waals surface area contributed by atoms with Crippen molar-refractivity contribution in [3.05, 3.63) is 113 Å². The first-order chi connectivity index (χ1) is 19.0. The number of fused-ring (bicyclic) bond motifs is 1. The van der Waals surface area contributed by atoms with Crippen molar-refractivity contribution in [3.63, 3.8) is 0 Å². The van der Waals surface area contributed by atoms with E-state index in [0.29, 0.717) is 32.6 Å². The molecule has 0 saturated carbocycles. The quantitative estimate of drug-likeness (QED) is 0.317. The second kappa shape index (κ2) is 10.3. The molecule has 3 aromatic carbocycles. The third-order valence-corrected chi connectivity index (χ3v) is 7.46. The number of para-hydroxylation sites is 1. The molecular weight excluding hydrogens is 484 g/mol. The van der Waals surface area contributed by atoms with Gasteiger partial charge in [-0.2, -0.15) is 5.10 Å². The summed E-state index contributed by atoms with van der Waals surface area (Å²) in [6.45, 7) is 8.77. The molecule has 0 unspecified atom stereocenters. The molecule has 0 spiro atoms. The number of hydrogen-bond acceptors (Lipinski definition) is 5. The molecular formula is C32H32N6O. The van der Waals surface area contributed by atoms with Gasteiger partial charge in [-0.25, -0.2) is 14.6 Å². The van der Waals surface area contributed by atoms with E-state index in [1.807, 2.05) is 78.0 Å². The topological polar surface area (TPSA) is 67.2 Å². The summed E-state index contributed by atoms with van der Waals surface area (Å²) in [5.74, 6) is 1.75. The van der Waals surface area contributed by atoms with Gasteiger partial charge >= 0.3 is 0 Å². The van der Waals surface area contributed by atoms with E-state index < -0.39 is 0 Å². The van der Waals surface area contributed by atoms with E-state index in [9.17, 15) is 4.79 Å². The predicted molar refractivity (Wildman–Crippen MR) is 155 cm³/mol. The molecule has 6 rings (SSSR count). The zero-order valence-corrected chi connectivity index (χ0v) is 22.6. The van der Waals surface area contributed by atoms with Gasteiger partial charge in [-0.1, -0.05) is 66.2 Å². The van der Waals surface area contributed by atoms with Gasteiger partial charge in [0.1, 0.15) is 11.6 Å².